The van der Waals surface area contributed by atoms with Gasteiger partial charge in [0, 0.05) is 31.0 Å². The van der Waals surface area contributed by atoms with E-state index in [2.05, 4.69) is 10.6 Å². The van der Waals surface area contributed by atoms with E-state index in [0.29, 0.717) is 12.2 Å². The lowest BCUT2D eigenvalue weighted by Gasteiger charge is -2.29. The lowest BCUT2D eigenvalue weighted by atomic mass is 9.98. The number of ether oxygens (including phenoxy) is 1. The molecule has 1 fully saturated rings. The molecule has 1 heterocycles. The molecule has 0 aliphatic carbocycles. The molecule has 0 radical (unpaired) electrons. The summed E-state index contributed by atoms with van der Waals surface area (Å²) < 4.78 is 5.30. The van der Waals surface area contributed by atoms with Crippen molar-refractivity contribution in [2.45, 2.75) is 25.3 Å². The number of aryl methyl sites for hydroxylation is 1. The van der Waals surface area contributed by atoms with Crippen molar-refractivity contribution in [2.75, 3.05) is 32.1 Å². The van der Waals surface area contributed by atoms with E-state index >= 15 is 0 Å². The van der Waals surface area contributed by atoms with Crippen LogP contribution in [0.1, 0.15) is 18.4 Å². The Balaban J connectivity index is 2.03. The summed E-state index contributed by atoms with van der Waals surface area (Å²) in [4.78, 5) is 10.4. The van der Waals surface area contributed by atoms with Crippen molar-refractivity contribution in [1.82, 2.24) is 5.32 Å². The average molecular weight is 279 g/mol. The quantitative estimate of drug-likeness (QED) is 0.616. The van der Waals surface area contributed by atoms with Gasteiger partial charge >= 0.3 is 0 Å². The van der Waals surface area contributed by atoms with Crippen molar-refractivity contribution >= 4 is 11.4 Å². The zero-order valence-corrected chi connectivity index (χ0v) is 11.9. The number of benzene rings is 1. The van der Waals surface area contributed by atoms with Crippen LogP contribution in [0.4, 0.5) is 11.4 Å². The van der Waals surface area contributed by atoms with Gasteiger partial charge in [0.05, 0.1) is 17.1 Å². The van der Waals surface area contributed by atoms with Gasteiger partial charge in [-0.05, 0) is 38.4 Å². The third-order valence-corrected chi connectivity index (χ3v) is 3.78. The maximum atomic E-state index is 10.8. The minimum atomic E-state index is -0.357. The summed E-state index contributed by atoms with van der Waals surface area (Å²) in [6.07, 6.45) is 2.21. The van der Waals surface area contributed by atoms with Crippen molar-refractivity contribution in [2.24, 2.45) is 0 Å². The highest BCUT2D eigenvalue weighted by molar-refractivity contribution is 5.53. The Morgan fingerprint density at radius 1 is 1.55 bits per heavy atom. The maximum Gasteiger partial charge on any atom is 0.272 e. The van der Waals surface area contributed by atoms with Gasteiger partial charge in [-0.25, -0.2) is 0 Å². The highest BCUT2D eigenvalue weighted by Crippen LogP contribution is 2.24. The molecule has 0 spiro atoms. The molecular formula is C14H21N3O3. The van der Waals surface area contributed by atoms with Crippen molar-refractivity contribution in [3.05, 3.63) is 33.9 Å². The molecule has 0 amide bonds. The van der Waals surface area contributed by atoms with E-state index in [9.17, 15) is 10.1 Å². The van der Waals surface area contributed by atoms with Crippen molar-refractivity contribution < 1.29 is 9.66 Å². The van der Waals surface area contributed by atoms with Crippen LogP contribution in [-0.4, -0.2) is 37.3 Å². The lowest BCUT2D eigenvalue weighted by molar-refractivity contribution is -0.385. The van der Waals surface area contributed by atoms with Gasteiger partial charge < -0.3 is 15.4 Å². The first-order valence-electron chi connectivity index (χ1n) is 6.79. The topological polar surface area (TPSA) is 76.4 Å². The summed E-state index contributed by atoms with van der Waals surface area (Å²) >= 11 is 0. The predicted octanol–water partition coefficient (Wildman–Crippen LogP) is 2.08. The second-order valence-electron chi connectivity index (χ2n) is 5.36. The van der Waals surface area contributed by atoms with Crippen LogP contribution >= 0.6 is 0 Å². The van der Waals surface area contributed by atoms with Crippen molar-refractivity contribution in [3.8, 4) is 0 Å². The third kappa shape index (κ3) is 3.26. The zero-order valence-electron chi connectivity index (χ0n) is 11.9. The van der Waals surface area contributed by atoms with Crippen LogP contribution in [-0.2, 0) is 4.74 Å². The van der Waals surface area contributed by atoms with Gasteiger partial charge in [-0.2, -0.15) is 0 Å². The largest absolute Gasteiger partial charge is 0.383 e. The van der Waals surface area contributed by atoms with Crippen molar-refractivity contribution in [1.29, 1.82) is 0 Å². The number of rotatable bonds is 6. The molecule has 1 unspecified atom stereocenters. The number of nitrogens with one attached hydrogen (secondary N) is 2. The molecule has 1 aliphatic heterocycles. The summed E-state index contributed by atoms with van der Waals surface area (Å²) in [6.45, 7) is 4.16. The van der Waals surface area contributed by atoms with Crippen LogP contribution in [0.25, 0.3) is 0 Å². The molecular weight excluding hydrogens is 258 g/mol. The predicted molar refractivity (Wildman–Crippen MR) is 78.2 cm³/mol. The maximum absolute atomic E-state index is 10.8. The van der Waals surface area contributed by atoms with Gasteiger partial charge in [-0.1, -0.05) is 0 Å². The van der Waals surface area contributed by atoms with E-state index in [0.717, 1.165) is 31.6 Å². The van der Waals surface area contributed by atoms with Crippen LogP contribution in [0, 0.1) is 17.0 Å². The second kappa shape index (κ2) is 6.19. The Bertz CT molecular complexity index is 485. The Kier molecular flexibility index (Phi) is 4.57. The molecule has 0 aromatic heterocycles. The summed E-state index contributed by atoms with van der Waals surface area (Å²) in [5.41, 5.74) is 1.68. The minimum absolute atomic E-state index is 0.0373. The lowest BCUT2D eigenvalue weighted by Crippen LogP contribution is -2.49. The third-order valence-electron chi connectivity index (χ3n) is 3.78. The van der Waals surface area contributed by atoms with Gasteiger partial charge in [0.15, 0.2) is 0 Å². The summed E-state index contributed by atoms with van der Waals surface area (Å²) in [6, 6.07) is 5.11. The average Bonchev–Trinajstić information content (AvgIpc) is 2.85. The summed E-state index contributed by atoms with van der Waals surface area (Å²) in [7, 11) is 1.71. The molecule has 6 nitrogen and oxygen atoms in total. The SMILES string of the molecule is COCC1(CNc2ccc([N+](=O)[O-])c(C)c2)CCCN1. The molecule has 0 bridgehead atoms. The fourth-order valence-corrected chi connectivity index (χ4v) is 2.71. The molecule has 1 saturated heterocycles. The van der Waals surface area contributed by atoms with E-state index in [1.165, 1.54) is 0 Å². The first-order valence-corrected chi connectivity index (χ1v) is 6.79. The van der Waals surface area contributed by atoms with Gasteiger partial charge in [0.1, 0.15) is 0 Å². The minimum Gasteiger partial charge on any atom is -0.383 e. The van der Waals surface area contributed by atoms with Crippen LogP contribution in [0.3, 0.4) is 0 Å². The van der Waals surface area contributed by atoms with Crippen molar-refractivity contribution in [3.63, 3.8) is 0 Å². The molecule has 1 aromatic carbocycles. The Hall–Kier alpha value is -1.66. The highest BCUT2D eigenvalue weighted by Gasteiger charge is 2.33. The number of nitro benzene ring substituents is 1. The monoisotopic (exact) mass is 279 g/mol. The Labute approximate surface area is 118 Å². The second-order valence-corrected chi connectivity index (χ2v) is 5.36. The van der Waals surface area contributed by atoms with Crippen LogP contribution in [0.2, 0.25) is 0 Å². The van der Waals surface area contributed by atoms with Gasteiger partial charge in [0.2, 0.25) is 0 Å². The summed E-state index contributed by atoms with van der Waals surface area (Å²) in [5, 5.41) is 17.6. The van der Waals surface area contributed by atoms with Crippen LogP contribution in [0.15, 0.2) is 18.2 Å². The number of nitro groups is 1. The molecule has 110 valence electrons. The van der Waals surface area contributed by atoms with E-state index in [1.54, 1.807) is 26.2 Å². The molecule has 0 saturated carbocycles. The van der Waals surface area contributed by atoms with E-state index < -0.39 is 0 Å². The zero-order chi connectivity index (χ0) is 14.6. The van der Waals surface area contributed by atoms with E-state index in [1.807, 2.05) is 6.07 Å². The number of methoxy groups -OCH3 is 1. The number of hydrogen-bond acceptors (Lipinski definition) is 5. The molecule has 2 rings (SSSR count). The van der Waals surface area contributed by atoms with Gasteiger partial charge in [0.25, 0.3) is 5.69 Å². The fourth-order valence-electron chi connectivity index (χ4n) is 2.71. The molecule has 1 atom stereocenters. The van der Waals surface area contributed by atoms with E-state index in [4.69, 9.17) is 4.74 Å². The molecule has 1 aromatic rings. The fraction of sp³-hybridized carbons (Fsp3) is 0.571. The van der Waals surface area contributed by atoms with Gasteiger partial charge in [-0.3, -0.25) is 10.1 Å². The highest BCUT2D eigenvalue weighted by atomic mass is 16.6. The van der Waals surface area contributed by atoms with Gasteiger partial charge in [-0.15, -0.1) is 0 Å². The molecule has 20 heavy (non-hydrogen) atoms. The smallest absolute Gasteiger partial charge is 0.272 e. The van der Waals surface area contributed by atoms with Crippen LogP contribution in [0.5, 0.6) is 0 Å². The summed E-state index contributed by atoms with van der Waals surface area (Å²) in [5.74, 6) is 0. The van der Waals surface area contributed by atoms with E-state index in [-0.39, 0.29) is 16.1 Å². The Morgan fingerprint density at radius 2 is 2.35 bits per heavy atom. The first kappa shape index (κ1) is 14.7. The number of hydrogen-bond donors (Lipinski definition) is 2. The molecule has 2 N–H and O–H groups in total. The molecule has 1 aliphatic rings. The van der Waals surface area contributed by atoms with Crippen LogP contribution < -0.4 is 10.6 Å². The first-order chi connectivity index (χ1) is 9.56. The Morgan fingerprint density at radius 3 is 2.90 bits per heavy atom. The standard InChI is InChI=1S/C14H21N3O3/c1-11-8-12(4-5-13(11)17(18)19)15-9-14(10-20-2)6-3-7-16-14/h4-5,8,15-16H,3,6-7,9-10H2,1-2H3. The number of nitrogens with zero attached hydrogens (tertiary/aromatic N) is 1. The normalized spacial score (nSPS) is 21.9. The molecule has 6 heteroatoms. The number of anilines is 1.